The van der Waals surface area contributed by atoms with Gasteiger partial charge in [0, 0.05) is 5.54 Å². The predicted octanol–water partition coefficient (Wildman–Crippen LogP) is 1.71. The van der Waals surface area contributed by atoms with Crippen molar-refractivity contribution in [1.29, 1.82) is 0 Å². The molecular weight excluding hydrogens is 350 g/mol. The first-order chi connectivity index (χ1) is 13.2. The van der Waals surface area contributed by atoms with Crippen molar-refractivity contribution in [3.63, 3.8) is 0 Å². The standard InChI is InChI=1S/C23H31N3O2/c1-17(26(5)16-20(27)25-23(2,3)4)22(28)24-21(18-12-8-6-9-13-18)19-14-10-7-11-15-19/h6-15,17,21H,16H2,1-5H3,(H,24,28)(H,25,27)/p+1/t17-/m0/s1. The summed E-state index contributed by atoms with van der Waals surface area (Å²) in [6, 6.07) is 19.2. The van der Waals surface area contributed by atoms with Gasteiger partial charge in [-0.25, -0.2) is 0 Å². The van der Waals surface area contributed by atoms with Gasteiger partial charge in [-0.15, -0.1) is 0 Å². The van der Waals surface area contributed by atoms with E-state index in [1.54, 1.807) is 0 Å². The highest BCUT2D eigenvalue weighted by Gasteiger charge is 2.27. The van der Waals surface area contributed by atoms with Gasteiger partial charge in [-0.2, -0.15) is 0 Å². The Labute approximate surface area is 168 Å². The molecule has 1 unspecified atom stereocenters. The van der Waals surface area contributed by atoms with Gasteiger partial charge in [-0.05, 0) is 38.8 Å². The molecule has 2 aromatic rings. The van der Waals surface area contributed by atoms with E-state index in [1.807, 2.05) is 95.4 Å². The molecular formula is C23H32N3O2+. The Morgan fingerprint density at radius 2 is 1.39 bits per heavy atom. The Kier molecular flexibility index (Phi) is 7.35. The normalized spacial score (nSPS) is 13.6. The maximum Gasteiger partial charge on any atom is 0.278 e. The van der Waals surface area contributed by atoms with Gasteiger partial charge in [0.1, 0.15) is 0 Å². The molecule has 0 bridgehead atoms. The average Bonchev–Trinajstić information content (AvgIpc) is 2.65. The van der Waals surface area contributed by atoms with Crippen molar-refractivity contribution in [1.82, 2.24) is 10.6 Å². The van der Waals surface area contributed by atoms with Crippen molar-refractivity contribution in [3.05, 3.63) is 71.8 Å². The molecule has 0 radical (unpaired) electrons. The summed E-state index contributed by atoms with van der Waals surface area (Å²) in [4.78, 5) is 26.0. The minimum atomic E-state index is -0.361. The van der Waals surface area contributed by atoms with Crippen LogP contribution in [0.3, 0.4) is 0 Å². The summed E-state index contributed by atoms with van der Waals surface area (Å²) in [5.41, 5.74) is 1.77. The SMILES string of the molecule is C[C@@H](C(=O)NC(c1ccccc1)c1ccccc1)[NH+](C)CC(=O)NC(C)(C)C. The van der Waals surface area contributed by atoms with Crippen molar-refractivity contribution < 1.29 is 14.5 Å². The first kappa shape index (κ1) is 21.6. The molecule has 2 atom stereocenters. The van der Waals surface area contributed by atoms with E-state index in [0.29, 0.717) is 0 Å². The summed E-state index contributed by atoms with van der Waals surface area (Å²) < 4.78 is 0. The highest BCUT2D eigenvalue weighted by Crippen LogP contribution is 2.21. The molecule has 5 heteroatoms. The number of amides is 2. The zero-order valence-electron chi connectivity index (χ0n) is 17.5. The number of quaternary nitrogens is 1. The van der Waals surface area contributed by atoms with Gasteiger partial charge in [0.2, 0.25) is 0 Å². The number of carbonyl (C=O) groups excluding carboxylic acids is 2. The summed E-state index contributed by atoms with van der Waals surface area (Å²) in [6.45, 7) is 7.93. The molecule has 0 heterocycles. The molecule has 2 aromatic carbocycles. The molecule has 28 heavy (non-hydrogen) atoms. The number of hydrogen-bond donors (Lipinski definition) is 3. The summed E-state index contributed by atoms with van der Waals surface area (Å²) in [5.74, 6) is -0.147. The van der Waals surface area contributed by atoms with Crippen LogP contribution in [0.15, 0.2) is 60.7 Å². The summed E-state index contributed by atoms with van der Waals surface area (Å²) in [6.07, 6.45) is 0. The highest BCUT2D eigenvalue weighted by molar-refractivity contribution is 5.82. The van der Waals surface area contributed by atoms with E-state index in [9.17, 15) is 9.59 Å². The molecule has 0 saturated carbocycles. The molecule has 150 valence electrons. The number of carbonyl (C=O) groups is 2. The van der Waals surface area contributed by atoms with Crippen LogP contribution in [0.25, 0.3) is 0 Å². The second kappa shape index (κ2) is 9.51. The van der Waals surface area contributed by atoms with Crippen molar-refractivity contribution in [2.45, 2.75) is 45.3 Å². The molecule has 2 amide bonds. The average molecular weight is 383 g/mol. The summed E-state index contributed by atoms with van der Waals surface area (Å²) >= 11 is 0. The fourth-order valence-electron chi connectivity index (χ4n) is 3.01. The molecule has 0 saturated heterocycles. The third kappa shape index (κ3) is 6.50. The maximum atomic E-state index is 12.9. The monoisotopic (exact) mass is 382 g/mol. The maximum absolute atomic E-state index is 12.9. The van der Waals surface area contributed by atoms with Crippen molar-refractivity contribution in [2.24, 2.45) is 0 Å². The highest BCUT2D eigenvalue weighted by atomic mass is 16.2. The lowest BCUT2D eigenvalue weighted by molar-refractivity contribution is -0.886. The third-order valence-corrected chi connectivity index (χ3v) is 4.64. The van der Waals surface area contributed by atoms with Crippen LogP contribution in [0, 0.1) is 0 Å². The smallest absolute Gasteiger partial charge is 0.278 e. The first-order valence-corrected chi connectivity index (χ1v) is 9.71. The van der Waals surface area contributed by atoms with Crippen LogP contribution in [-0.4, -0.2) is 37.0 Å². The van der Waals surface area contributed by atoms with Gasteiger partial charge >= 0.3 is 0 Å². The second-order valence-electron chi connectivity index (χ2n) is 8.31. The van der Waals surface area contributed by atoms with E-state index in [-0.39, 0.29) is 36.0 Å². The van der Waals surface area contributed by atoms with Crippen molar-refractivity contribution in [3.8, 4) is 0 Å². The molecule has 0 aliphatic rings. The summed E-state index contributed by atoms with van der Waals surface area (Å²) in [5, 5.41) is 6.11. The predicted molar refractivity (Wildman–Crippen MR) is 112 cm³/mol. The Bertz CT molecular complexity index is 730. The van der Waals surface area contributed by atoms with E-state index in [4.69, 9.17) is 0 Å². The Balaban J connectivity index is 2.09. The lowest BCUT2D eigenvalue weighted by Gasteiger charge is -2.26. The fourth-order valence-corrected chi connectivity index (χ4v) is 3.01. The van der Waals surface area contributed by atoms with Gasteiger partial charge in [0.15, 0.2) is 12.6 Å². The number of hydrogen-bond acceptors (Lipinski definition) is 2. The zero-order valence-corrected chi connectivity index (χ0v) is 17.5. The molecule has 0 aliphatic heterocycles. The van der Waals surface area contributed by atoms with E-state index < -0.39 is 0 Å². The quantitative estimate of drug-likeness (QED) is 0.683. The minimum Gasteiger partial charge on any atom is -0.347 e. The first-order valence-electron chi connectivity index (χ1n) is 9.71. The molecule has 5 nitrogen and oxygen atoms in total. The second-order valence-corrected chi connectivity index (χ2v) is 8.31. The third-order valence-electron chi connectivity index (χ3n) is 4.64. The van der Waals surface area contributed by atoms with Crippen molar-refractivity contribution in [2.75, 3.05) is 13.6 Å². The minimum absolute atomic E-state index is 0.0627. The fraction of sp³-hybridized carbons (Fsp3) is 0.391. The summed E-state index contributed by atoms with van der Waals surface area (Å²) in [7, 11) is 1.87. The van der Waals surface area contributed by atoms with Crippen molar-refractivity contribution >= 4 is 11.8 Å². The molecule has 3 N–H and O–H groups in total. The van der Waals surface area contributed by atoms with Crippen LogP contribution in [0.2, 0.25) is 0 Å². The molecule has 0 fully saturated rings. The Morgan fingerprint density at radius 1 is 0.929 bits per heavy atom. The number of likely N-dealkylation sites (N-methyl/N-ethyl adjacent to an activating group) is 1. The van der Waals surface area contributed by atoms with Crippen LogP contribution in [0.5, 0.6) is 0 Å². The van der Waals surface area contributed by atoms with Crippen LogP contribution in [0.1, 0.15) is 44.9 Å². The van der Waals surface area contributed by atoms with Crippen LogP contribution < -0.4 is 15.5 Å². The van der Waals surface area contributed by atoms with Crippen LogP contribution in [-0.2, 0) is 9.59 Å². The molecule has 0 aliphatic carbocycles. The Morgan fingerprint density at radius 3 is 1.82 bits per heavy atom. The molecule has 0 spiro atoms. The topological polar surface area (TPSA) is 62.6 Å². The molecule has 2 rings (SSSR count). The number of rotatable bonds is 7. The van der Waals surface area contributed by atoms with E-state index in [0.717, 1.165) is 16.0 Å². The van der Waals surface area contributed by atoms with Crippen LogP contribution >= 0.6 is 0 Å². The largest absolute Gasteiger partial charge is 0.347 e. The van der Waals surface area contributed by atoms with Gasteiger partial charge < -0.3 is 15.5 Å². The molecule has 0 aromatic heterocycles. The Hall–Kier alpha value is -2.66. The van der Waals surface area contributed by atoms with Gasteiger partial charge in [-0.3, -0.25) is 9.59 Å². The van der Waals surface area contributed by atoms with Gasteiger partial charge in [-0.1, -0.05) is 60.7 Å². The van der Waals surface area contributed by atoms with Gasteiger partial charge in [0.25, 0.3) is 11.8 Å². The zero-order chi connectivity index (χ0) is 20.7. The number of benzene rings is 2. The van der Waals surface area contributed by atoms with E-state index >= 15 is 0 Å². The lowest BCUT2D eigenvalue weighted by atomic mass is 9.98. The van der Waals surface area contributed by atoms with E-state index in [1.165, 1.54) is 0 Å². The van der Waals surface area contributed by atoms with E-state index in [2.05, 4.69) is 10.6 Å². The number of nitrogens with one attached hydrogen (secondary N) is 3. The lowest BCUT2D eigenvalue weighted by Crippen LogP contribution is -3.15. The van der Waals surface area contributed by atoms with Crippen LogP contribution in [0.4, 0.5) is 0 Å². The van der Waals surface area contributed by atoms with Gasteiger partial charge in [0.05, 0.1) is 13.1 Å².